The first kappa shape index (κ1) is 36.4. The molecule has 4 aromatic carbocycles. The van der Waals surface area contributed by atoms with E-state index >= 15 is 0 Å². The van der Waals surface area contributed by atoms with Crippen LogP contribution < -0.4 is 33.5 Å². The monoisotopic (exact) mass is 722 g/mol. The van der Waals surface area contributed by atoms with Gasteiger partial charge in [-0.1, -0.05) is 25.1 Å². The van der Waals surface area contributed by atoms with E-state index in [1.807, 2.05) is 32.0 Å². The third kappa shape index (κ3) is 6.63. The fourth-order valence-corrected chi connectivity index (χ4v) is 8.76. The zero-order valence-corrected chi connectivity index (χ0v) is 31.8. The number of carbonyl (C=O) groups excluding carboxylic acids is 1. The number of nitrogens with zero attached hydrogens (tertiary/aromatic N) is 2. The van der Waals surface area contributed by atoms with E-state index in [2.05, 4.69) is 61.5 Å². The third-order valence-corrected chi connectivity index (χ3v) is 11.6. The molecule has 0 fully saturated rings. The second-order valence-corrected chi connectivity index (χ2v) is 14.5. The van der Waals surface area contributed by atoms with Crippen molar-refractivity contribution < 1.29 is 42.8 Å². The zero-order valence-electron chi connectivity index (χ0n) is 31.8. The van der Waals surface area contributed by atoms with Gasteiger partial charge in [0.25, 0.3) is 0 Å². The Morgan fingerprint density at radius 2 is 1.57 bits per heavy atom. The van der Waals surface area contributed by atoms with Crippen LogP contribution in [0.15, 0.2) is 60.7 Å². The minimum absolute atomic E-state index is 0.0806. The lowest BCUT2D eigenvalue weighted by atomic mass is 9.84. The summed E-state index contributed by atoms with van der Waals surface area (Å²) in [5, 5.41) is 12.8. The second kappa shape index (κ2) is 14.8. The Labute approximate surface area is 312 Å². The van der Waals surface area contributed by atoms with Crippen molar-refractivity contribution in [2.45, 2.75) is 64.1 Å². The Balaban J connectivity index is 1.50. The molecule has 0 radical (unpaired) electrons. The number of likely N-dealkylation sites (N-methyl/N-ethyl adjacent to an activating group) is 2. The summed E-state index contributed by atoms with van der Waals surface area (Å²) in [5.41, 5.74) is 6.42. The first-order valence-electron chi connectivity index (χ1n) is 18.6. The van der Waals surface area contributed by atoms with Gasteiger partial charge in [-0.3, -0.25) is 4.90 Å². The van der Waals surface area contributed by atoms with E-state index in [-0.39, 0.29) is 12.1 Å². The number of benzene rings is 4. The Hall–Kier alpha value is -4.93. The zero-order chi connectivity index (χ0) is 37.4. The maximum absolute atomic E-state index is 12.8. The minimum Gasteiger partial charge on any atom is -0.544 e. The summed E-state index contributed by atoms with van der Waals surface area (Å²) >= 11 is 0. The molecule has 4 aromatic rings. The van der Waals surface area contributed by atoms with Crippen LogP contribution >= 0.6 is 0 Å². The lowest BCUT2D eigenvalue weighted by molar-refractivity contribution is -0.958. The summed E-state index contributed by atoms with van der Waals surface area (Å²) < 4.78 is 38.0. The van der Waals surface area contributed by atoms with Crippen molar-refractivity contribution >= 4 is 5.97 Å². The molecule has 0 N–H and O–H groups in total. The summed E-state index contributed by atoms with van der Waals surface area (Å²) in [6, 6.07) is 19.4. The molecule has 4 aliphatic heterocycles. The molecule has 280 valence electrons. The lowest BCUT2D eigenvalue weighted by Gasteiger charge is -2.50. The standard InChI is InChI=1S/C43H50N2O8/c1-8-33(43(46)47)45(4)19-17-28-23-36(49-6)38-25-31(28)34(45)21-26-10-13-30(14-11-26)52-37-22-27(12-15-35(37)48-5)20-32-40-29(16-18-44(32)3)24-39(50-7)41(51-9-2)42(40)53-38/h10-15,22-25,32-34H,8-9,16-21H2,1-7H3. The number of aliphatic carboxylic acids is 1. The quantitative estimate of drug-likeness (QED) is 0.187. The van der Waals surface area contributed by atoms with Crippen LogP contribution in [-0.2, 0) is 30.5 Å². The molecule has 0 saturated carbocycles. The molecule has 0 saturated heterocycles. The fraction of sp³-hybridized carbons (Fsp3) is 0.419. The van der Waals surface area contributed by atoms with Crippen molar-refractivity contribution in [2.75, 3.05) is 55.1 Å². The molecule has 53 heavy (non-hydrogen) atoms. The van der Waals surface area contributed by atoms with Crippen molar-refractivity contribution in [1.82, 2.24) is 4.90 Å². The summed E-state index contributed by atoms with van der Waals surface area (Å²) in [5.74, 6) is 3.76. The maximum atomic E-state index is 12.8. The van der Waals surface area contributed by atoms with Crippen molar-refractivity contribution in [3.8, 4) is 46.0 Å². The maximum Gasteiger partial charge on any atom is 0.204 e. The van der Waals surface area contributed by atoms with Gasteiger partial charge >= 0.3 is 0 Å². The highest BCUT2D eigenvalue weighted by Gasteiger charge is 2.45. The van der Waals surface area contributed by atoms with E-state index in [1.165, 1.54) is 0 Å². The number of methoxy groups -OCH3 is 3. The van der Waals surface area contributed by atoms with E-state index in [1.54, 1.807) is 21.3 Å². The molecule has 0 amide bonds. The van der Waals surface area contributed by atoms with Crippen LogP contribution in [0.1, 0.15) is 65.7 Å². The Morgan fingerprint density at radius 1 is 0.868 bits per heavy atom. The van der Waals surface area contributed by atoms with Gasteiger partial charge in [0.05, 0.1) is 47.5 Å². The first-order chi connectivity index (χ1) is 25.6. The smallest absolute Gasteiger partial charge is 0.204 e. The number of ether oxygens (including phenoxy) is 6. The molecular formula is C43H50N2O8. The van der Waals surface area contributed by atoms with Crippen molar-refractivity contribution in [3.05, 3.63) is 94.0 Å². The Kier molecular flexibility index (Phi) is 10.2. The number of rotatable bonds is 8. The van der Waals surface area contributed by atoms with Crippen molar-refractivity contribution in [1.29, 1.82) is 0 Å². The van der Waals surface area contributed by atoms with Gasteiger partial charge in [0, 0.05) is 43.0 Å². The molecule has 6 bridgehead atoms. The molecule has 0 aliphatic carbocycles. The van der Waals surface area contributed by atoms with E-state index in [0.717, 1.165) is 46.3 Å². The predicted octanol–water partition coefficient (Wildman–Crippen LogP) is 6.60. The number of carboxylic acid groups (broad SMARTS) is 1. The topological polar surface area (TPSA) is 98.8 Å². The van der Waals surface area contributed by atoms with Gasteiger partial charge < -0.3 is 42.8 Å². The number of hydrogen-bond donors (Lipinski definition) is 0. The highest BCUT2D eigenvalue weighted by molar-refractivity contribution is 5.70. The van der Waals surface area contributed by atoms with Crippen LogP contribution in [0.3, 0.4) is 0 Å². The van der Waals surface area contributed by atoms with Crippen LogP contribution in [0.2, 0.25) is 0 Å². The Bertz CT molecular complexity index is 2000. The van der Waals surface area contributed by atoms with Gasteiger partial charge in [0.2, 0.25) is 5.75 Å². The van der Waals surface area contributed by atoms with Gasteiger partial charge in [-0.2, -0.15) is 0 Å². The van der Waals surface area contributed by atoms with Crippen LogP contribution in [0.25, 0.3) is 0 Å². The van der Waals surface area contributed by atoms with Crippen LogP contribution in [0, 0.1) is 0 Å². The normalized spacial score (nSPS) is 21.2. The van der Waals surface area contributed by atoms with E-state index in [0.29, 0.717) is 89.3 Å². The summed E-state index contributed by atoms with van der Waals surface area (Å²) in [6.45, 7) is 5.76. The number of carbonyl (C=O) groups is 1. The predicted molar refractivity (Wildman–Crippen MR) is 200 cm³/mol. The summed E-state index contributed by atoms with van der Waals surface area (Å²) in [4.78, 5) is 15.1. The molecule has 8 rings (SSSR count). The molecule has 0 aromatic heterocycles. The molecule has 10 heteroatoms. The van der Waals surface area contributed by atoms with Gasteiger partial charge in [-0.15, -0.1) is 0 Å². The first-order valence-corrected chi connectivity index (χ1v) is 18.6. The number of fused-ring (bicyclic) bond motifs is 2. The number of quaternary nitrogens is 1. The van der Waals surface area contributed by atoms with Gasteiger partial charge in [0.1, 0.15) is 17.8 Å². The molecule has 4 heterocycles. The highest BCUT2D eigenvalue weighted by Crippen LogP contribution is 2.52. The van der Waals surface area contributed by atoms with Crippen molar-refractivity contribution in [2.24, 2.45) is 0 Å². The second-order valence-electron chi connectivity index (χ2n) is 14.5. The number of hydrogen-bond acceptors (Lipinski definition) is 9. The van der Waals surface area contributed by atoms with E-state index in [4.69, 9.17) is 28.4 Å². The average molecular weight is 723 g/mol. The van der Waals surface area contributed by atoms with Crippen LogP contribution in [0.4, 0.5) is 0 Å². The van der Waals surface area contributed by atoms with Crippen LogP contribution in [-0.4, -0.2) is 76.5 Å². The molecule has 10 nitrogen and oxygen atoms in total. The summed E-state index contributed by atoms with van der Waals surface area (Å²) in [7, 11) is 9.15. The molecule has 4 aliphatic rings. The largest absolute Gasteiger partial charge is 0.544 e. The Morgan fingerprint density at radius 3 is 2.25 bits per heavy atom. The molecule has 4 atom stereocenters. The highest BCUT2D eigenvalue weighted by atomic mass is 16.6. The lowest BCUT2D eigenvalue weighted by Crippen LogP contribution is -2.63. The summed E-state index contributed by atoms with van der Waals surface area (Å²) in [6.07, 6.45) is 3.18. The third-order valence-electron chi connectivity index (χ3n) is 11.6. The fourth-order valence-electron chi connectivity index (χ4n) is 8.76. The molecular weight excluding hydrogens is 672 g/mol. The van der Waals surface area contributed by atoms with Crippen molar-refractivity contribution in [3.63, 3.8) is 0 Å². The minimum atomic E-state index is -1.04. The number of carboxylic acids is 1. The van der Waals surface area contributed by atoms with E-state index < -0.39 is 12.0 Å². The van der Waals surface area contributed by atoms with Gasteiger partial charge in [0.15, 0.2) is 34.5 Å². The van der Waals surface area contributed by atoms with Crippen LogP contribution in [0.5, 0.6) is 46.0 Å². The molecule has 4 unspecified atom stereocenters. The van der Waals surface area contributed by atoms with Gasteiger partial charge in [-0.05, 0) is 91.5 Å². The van der Waals surface area contributed by atoms with E-state index in [9.17, 15) is 9.90 Å². The molecule has 0 spiro atoms. The average Bonchev–Trinajstić information content (AvgIpc) is 3.15. The SMILES string of the molecule is CCOc1c(OC)cc2c3c1Oc1cc4c(cc1OC)CC[N+](C)(C(CC)C(=O)[O-])C4Cc1ccc(cc1)Oc1cc(ccc1OC)CC3N(C)CC2. The van der Waals surface area contributed by atoms with Gasteiger partial charge in [-0.25, -0.2) is 0 Å².